The predicted octanol–water partition coefficient (Wildman–Crippen LogP) is 1.39. The molecule has 0 fully saturated rings. The largest absolute Gasteiger partial charge is 0.508 e. The molecule has 1 unspecified atom stereocenters. The first kappa shape index (κ1) is 14.5. The molecule has 1 aromatic carbocycles. The minimum absolute atomic E-state index is 0.138. The van der Waals surface area contributed by atoms with Gasteiger partial charge in [0.1, 0.15) is 5.75 Å². The summed E-state index contributed by atoms with van der Waals surface area (Å²) >= 11 is 0. The first-order valence-electron chi connectivity index (χ1n) is 6.20. The Balaban J connectivity index is 2.27. The van der Waals surface area contributed by atoms with Crippen LogP contribution in [0.5, 0.6) is 5.75 Å². The first-order valence-corrected chi connectivity index (χ1v) is 6.20. The molecule has 0 saturated heterocycles. The number of benzene rings is 1. The van der Waals surface area contributed by atoms with Crippen molar-refractivity contribution in [2.45, 2.75) is 25.8 Å². The number of aromatic hydroxyl groups is 1. The van der Waals surface area contributed by atoms with E-state index in [1.807, 2.05) is 12.1 Å². The van der Waals surface area contributed by atoms with Gasteiger partial charge in [-0.25, -0.2) is 0 Å². The number of nitrogens with one attached hydrogen (secondary N) is 1. The molecule has 1 rings (SSSR count). The Labute approximate surface area is 109 Å². The predicted molar refractivity (Wildman–Crippen MR) is 72.6 cm³/mol. The van der Waals surface area contributed by atoms with E-state index in [1.54, 1.807) is 31.1 Å². The molecule has 0 aliphatic rings. The van der Waals surface area contributed by atoms with Crippen LogP contribution in [-0.4, -0.2) is 42.6 Å². The maximum atomic E-state index is 11.4. The van der Waals surface area contributed by atoms with Gasteiger partial charge in [0.05, 0.1) is 0 Å². The fourth-order valence-corrected chi connectivity index (χ4v) is 1.71. The Bertz CT molecular complexity index is 374. The van der Waals surface area contributed by atoms with Gasteiger partial charge in [-0.2, -0.15) is 0 Å². The molecule has 2 N–H and O–H groups in total. The van der Waals surface area contributed by atoms with Gasteiger partial charge in [-0.15, -0.1) is 0 Å². The van der Waals surface area contributed by atoms with E-state index < -0.39 is 0 Å². The number of rotatable bonds is 6. The van der Waals surface area contributed by atoms with Crippen LogP contribution in [0.25, 0.3) is 0 Å². The standard InChI is InChI=1S/C14H22N2O2/c1-11(15-9-8-14(18)16(2)3)10-12-4-6-13(17)7-5-12/h4-7,11,15,17H,8-10H2,1-3H3. The third-order valence-electron chi connectivity index (χ3n) is 2.81. The normalized spacial score (nSPS) is 12.2. The highest BCUT2D eigenvalue weighted by molar-refractivity contribution is 5.75. The number of amides is 1. The zero-order valence-corrected chi connectivity index (χ0v) is 11.3. The van der Waals surface area contributed by atoms with Gasteiger partial charge in [-0.1, -0.05) is 12.1 Å². The van der Waals surface area contributed by atoms with Crippen molar-refractivity contribution in [3.8, 4) is 5.75 Å². The molecule has 1 amide bonds. The van der Waals surface area contributed by atoms with Crippen LogP contribution in [0, 0.1) is 0 Å². The van der Waals surface area contributed by atoms with Crippen molar-refractivity contribution in [3.05, 3.63) is 29.8 Å². The summed E-state index contributed by atoms with van der Waals surface area (Å²) in [5, 5.41) is 12.5. The van der Waals surface area contributed by atoms with Gasteiger partial charge < -0.3 is 15.3 Å². The maximum Gasteiger partial charge on any atom is 0.223 e. The van der Waals surface area contributed by atoms with Crippen molar-refractivity contribution in [3.63, 3.8) is 0 Å². The Kier molecular flexibility index (Phi) is 5.65. The van der Waals surface area contributed by atoms with Crippen LogP contribution >= 0.6 is 0 Å². The minimum atomic E-state index is 0.138. The number of hydrogen-bond acceptors (Lipinski definition) is 3. The van der Waals surface area contributed by atoms with E-state index in [2.05, 4.69) is 12.2 Å². The average Bonchev–Trinajstić information content (AvgIpc) is 2.32. The van der Waals surface area contributed by atoms with E-state index in [0.29, 0.717) is 19.0 Å². The summed E-state index contributed by atoms with van der Waals surface area (Å²) in [6, 6.07) is 7.52. The second-order valence-corrected chi connectivity index (χ2v) is 4.76. The fourth-order valence-electron chi connectivity index (χ4n) is 1.71. The van der Waals surface area contributed by atoms with Gasteiger partial charge >= 0.3 is 0 Å². The Morgan fingerprint density at radius 2 is 1.94 bits per heavy atom. The summed E-state index contributed by atoms with van der Waals surface area (Å²) in [5.41, 5.74) is 1.17. The number of phenols is 1. The molecule has 0 heterocycles. The highest BCUT2D eigenvalue weighted by Gasteiger charge is 2.06. The zero-order valence-electron chi connectivity index (χ0n) is 11.3. The van der Waals surface area contributed by atoms with Crippen LogP contribution in [0.2, 0.25) is 0 Å². The van der Waals surface area contributed by atoms with Gasteiger partial charge in [0.25, 0.3) is 0 Å². The molecule has 0 aliphatic carbocycles. The quantitative estimate of drug-likeness (QED) is 0.802. The molecule has 0 radical (unpaired) electrons. The molecule has 18 heavy (non-hydrogen) atoms. The van der Waals surface area contributed by atoms with Crippen LogP contribution in [0.3, 0.4) is 0 Å². The Morgan fingerprint density at radius 1 is 1.33 bits per heavy atom. The second-order valence-electron chi connectivity index (χ2n) is 4.76. The third-order valence-corrected chi connectivity index (χ3v) is 2.81. The number of hydrogen-bond donors (Lipinski definition) is 2. The van der Waals surface area contributed by atoms with E-state index in [0.717, 1.165) is 6.42 Å². The fraction of sp³-hybridized carbons (Fsp3) is 0.500. The number of carbonyl (C=O) groups excluding carboxylic acids is 1. The minimum Gasteiger partial charge on any atom is -0.508 e. The zero-order chi connectivity index (χ0) is 13.5. The van der Waals surface area contributed by atoms with Gasteiger partial charge in [0, 0.05) is 33.1 Å². The molecule has 1 atom stereocenters. The summed E-state index contributed by atoms with van der Waals surface area (Å²) < 4.78 is 0. The summed E-state index contributed by atoms with van der Waals surface area (Å²) in [7, 11) is 3.53. The molecule has 4 heteroatoms. The van der Waals surface area contributed by atoms with Crippen molar-refractivity contribution in [1.82, 2.24) is 10.2 Å². The summed E-state index contributed by atoms with van der Waals surface area (Å²) in [4.78, 5) is 13.0. The van der Waals surface area contributed by atoms with E-state index >= 15 is 0 Å². The highest BCUT2D eigenvalue weighted by atomic mass is 16.3. The monoisotopic (exact) mass is 250 g/mol. The lowest BCUT2D eigenvalue weighted by Gasteiger charge is -2.15. The molecule has 0 saturated carbocycles. The van der Waals surface area contributed by atoms with Crippen molar-refractivity contribution >= 4 is 5.91 Å². The van der Waals surface area contributed by atoms with E-state index in [4.69, 9.17) is 0 Å². The second kappa shape index (κ2) is 7.01. The van der Waals surface area contributed by atoms with Crippen molar-refractivity contribution < 1.29 is 9.90 Å². The third kappa shape index (κ3) is 5.19. The number of phenolic OH excluding ortho intramolecular Hbond substituents is 1. The first-order chi connectivity index (χ1) is 8.49. The van der Waals surface area contributed by atoms with Gasteiger partial charge in [-0.05, 0) is 31.0 Å². The molecule has 0 aliphatic heterocycles. The van der Waals surface area contributed by atoms with Crippen molar-refractivity contribution in [2.75, 3.05) is 20.6 Å². The molecular formula is C14H22N2O2. The smallest absolute Gasteiger partial charge is 0.223 e. The van der Waals surface area contributed by atoms with Crippen LogP contribution in [0.15, 0.2) is 24.3 Å². The molecule has 0 bridgehead atoms. The topological polar surface area (TPSA) is 52.6 Å². The summed E-state index contributed by atoms with van der Waals surface area (Å²) in [5.74, 6) is 0.426. The molecular weight excluding hydrogens is 228 g/mol. The van der Waals surface area contributed by atoms with E-state index in [9.17, 15) is 9.90 Å². The van der Waals surface area contributed by atoms with Crippen LogP contribution in [0.4, 0.5) is 0 Å². The van der Waals surface area contributed by atoms with Crippen molar-refractivity contribution in [1.29, 1.82) is 0 Å². The van der Waals surface area contributed by atoms with Gasteiger partial charge in [-0.3, -0.25) is 4.79 Å². The molecule has 100 valence electrons. The van der Waals surface area contributed by atoms with Gasteiger partial charge in [0.2, 0.25) is 5.91 Å². The van der Waals surface area contributed by atoms with Crippen LogP contribution in [-0.2, 0) is 11.2 Å². The number of nitrogens with zero attached hydrogens (tertiary/aromatic N) is 1. The average molecular weight is 250 g/mol. The van der Waals surface area contributed by atoms with E-state index in [1.165, 1.54) is 5.56 Å². The Morgan fingerprint density at radius 3 is 2.50 bits per heavy atom. The highest BCUT2D eigenvalue weighted by Crippen LogP contribution is 2.11. The van der Waals surface area contributed by atoms with Crippen LogP contribution < -0.4 is 5.32 Å². The summed E-state index contributed by atoms with van der Waals surface area (Å²) in [6.45, 7) is 2.78. The lowest BCUT2D eigenvalue weighted by atomic mass is 10.1. The number of carbonyl (C=O) groups is 1. The molecule has 4 nitrogen and oxygen atoms in total. The maximum absolute atomic E-state index is 11.4. The molecule has 0 spiro atoms. The van der Waals surface area contributed by atoms with Crippen molar-refractivity contribution in [2.24, 2.45) is 0 Å². The lowest BCUT2D eigenvalue weighted by Crippen LogP contribution is -2.32. The van der Waals surface area contributed by atoms with Gasteiger partial charge in [0.15, 0.2) is 0 Å². The van der Waals surface area contributed by atoms with E-state index in [-0.39, 0.29) is 11.7 Å². The molecule has 0 aromatic heterocycles. The lowest BCUT2D eigenvalue weighted by molar-refractivity contribution is -0.128. The molecule has 1 aromatic rings. The van der Waals surface area contributed by atoms with Crippen LogP contribution in [0.1, 0.15) is 18.9 Å². The SMILES string of the molecule is CC(Cc1ccc(O)cc1)NCCC(=O)N(C)C. The Hall–Kier alpha value is -1.55. The summed E-state index contributed by atoms with van der Waals surface area (Å²) in [6.07, 6.45) is 1.41.